The highest BCUT2D eigenvalue weighted by Gasteiger charge is 2.57. The molecule has 0 aliphatic heterocycles. The van der Waals surface area contributed by atoms with Crippen molar-refractivity contribution in [3.05, 3.63) is 12.2 Å². The zero-order valence-electron chi connectivity index (χ0n) is 7.42. The van der Waals surface area contributed by atoms with Crippen LogP contribution in [-0.2, 0) is 4.79 Å². The first-order valence-corrected chi connectivity index (χ1v) is 4.93. The molecular weight excluding hydrogens is 148 g/mol. The van der Waals surface area contributed by atoms with Gasteiger partial charge in [0.15, 0.2) is 0 Å². The number of hydrogen-bond donors (Lipinski definition) is 0. The van der Waals surface area contributed by atoms with Crippen molar-refractivity contribution in [1.82, 2.24) is 0 Å². The van der Waals surface area contributed by atoms with Crippen LogP contribution in [0.3, 0.4) is 0 Å². The SMILES string of the molecule is CC12C=CC(C1)C1CCC(=O)C12. The summed E-state index contributed by atoms with van der Waals surface area (Å²) >= 11 is 0. The second-order valence-electron chi connectivity index (χ2n) is 4.88. The van der Waals surface area contributed by atoms with E-state index in [-0.39, 0.29) is 5.41 Å². The topological polar surface area (TPSA) is 17.1 Å². The first-order chi connectivity index (χ1) is 5.71. The van der Waals surface area contributed by atoms with Crippen LogP contribution in [0.1, 0.15) is 26.2 Å². The van der Waals surface area contributed by atoms with E-state index in [1.165, 1.54) is 6.42 Å². The Morgan fingerprint density at radius 2 is 2.42 bits per heavy atom. The van der Waals surface area contributed by atoms with Gasteiger partial charge < -0.3 is 0 Å². The van der Waals surface area contributed by atoms with Crippen LogP contribution in [0.5, 0.6) is 0 Å². The molecule has 2 saturated carbocycles. The molecule has 0 aromatic carbocycles. The van der Waals surface area contributed by atoms with Crippen molar-refractivity contribution in [2.75, 3.05) is 0 Å². The predicted molar refractivity (Wildman–Crippen MR) is 46.6 cm³/mol. The van der Waals surface area contributed by atoms with Crippen molar-refractivity contribution in [2.45, 2.75) is 26.2 Å². The number of Topliss-reactive ketones (excluding diaryl/α,β-unsaturated/α-hetero) is 1. The number of allylic oxidation sites excluding steroid dienone is 2. The third kappa shape index (κ3) is 0.596. The van der Waals surface area contributed by atoms with Gasteiger partial charge in [0, 0.05) is 12.3 Å². The van der Waals surface area contributed by atoms with Crippen LogP contribution < -0.4 is 0 Å². The minimum Gasteiger partial charge on any atom is -0.299 e. The molecule has 3 aliphatic carbocycles. The van der Waals surface area contributed by atoms with Gasteiger partial charge in [0.1, 0.15) is 5.78 Å². The maximum atomic E-state index is 11.6. The molecule has 64 valence electrons. The number of ketones is 1. The lowest BCUT2D eigenvalue weighted by Gasteiger charge is -2.26. The average molecular weight is 162 g/mol. The molecular formula is C11H14O. The summed E-state index contributed by atoms with van der Waals surface area (Å²) < 4.78 is 0. The van der Waals surface area contributed by atoms with Gasteiger partial charge in [-0.2, -0.15) is 0 Å². The number of hydrogen-bond acceptors (Lipinski definition) is 1. The average Bonchev–Trinajstić information content (AvgIpc) is 2.61. The van der Waals surface area contributed by atoms with E-state index in [1.807, 2.05) is 0 Å². The molecule has 3 aliphatic rings. The first kappa shape index (κ1) is 6.88. The molecule has 4 atom stereocenters. The van der Waals surface area contributed by atoms with Crippen molar-refractivity contribution in [2.24, 2.45) is 23.2 Å². The van der Waals surface area contributed by atoms with Crippen molar-refractivity contribution >= 4 is 5.78 Å². The Balaban J connectivity index is 2.09. The largest absolute Gasteiger partial charge is 0.299 e. The highest BCUT2D eigenvalue weighted by atomic mass is 16.1. The van der Waals surface area contributed by atoms with Crippen LogP contribution >= 0.6 is 0 Å². The molecule has 0 aromatic heterocycles. The van der Waals surface area contributed by atoms with Crippen LogP contribution in [0, 0.1) is 23.2 Å². The molecule has 0 radical (unpaired) electrons. The third-order valence-electron chi connectivity index (χ3n) is 4.16. The van der Waals surface area contributed by atoms with Gasteiger partial charge in [0.05, 0.1) is 0 Å². The van der Waals surface area contributed by atoms with E-state index in [2.05, 4.69) is 19.1 Å². The molecule has 0 amide bonds. The lowest BCUT2D eigenvalue weighted by atomic mass is 9.76. The summed E-state index contributed by atoms with van der Waals surface area (Å²) in [6.07, 6.45) is 7.90. The monoisotopic (exact) mass is 162 g/mol. The molecule has 3 rings (SSSR count). The Morgan fingerprint density at radius 3 is 3.17 bits per heavy atom. The summed E-state index contributed by atoms with van der Waals surface area (Å²) in [4.78, 5) is 11.6. The van der Waals surface area contributed by atoms with Gasteiger partial charge >= 0.3 is 0 Å². The van der Waals surface area contributed by atoms with Gasteiger partial charge in [-0.1, -0.05) is 19.1 Å². The first-order valence-electron chi connectivity index (χ1n) is 4.93. The smallest absolute Gasteiger partial charge is 0.137 e. The van der Waals surface area contributed by atoms with E-state index in [0.717, 1.165) is 18.8 Å². The fourth-order valence-corrected chi connectivity index (χ4v) is 3.70. The summed E-state index contributed by atoms with van der Waals surface area (Å²) in [7, 11) is 0. The van der Waals surface area contributed by atoms with Crippen molar-refractivity contribution in [3.8, 4) is 0 Å². The van der Waals surface area contributed by atoms with Crippen LogP contribution in [-0.4, -0.2) is 5.78 Å². The summed E-state index contributed by atoms with van der Waals surface area (Å²) in [6, 6.07) is 0. The summed E-state index contributed by atoms with van der Waals surface area (Å²) in [5.74, 6) is 2.39. The molecule has 2 bridgehead atoms. The molecule has 0 N–H and O–H groups in total. The van der Waals surface area contributed by atoms with Gasteiger partial charge in [-0.15, -0.1) is 0 Å². The summed E-state index contributed by atoms with van der Waals surface area (Å²) in [5.41, 5.74) is 0.253. The zero-order chi connectivity index (χ0) is 8.34. The fourth-order valence-electron chi connectivity index (χ4n) is 3.70. The molecule has 2 fully saturated rings. The Morgan fingerprint density at radius 1 is 1.58 bits per heavy atom. The van der Waals surface area contributed by atoms with Crippen molar-refractivity contribution in [1.29, 1.82) is 0 Å². The van der Waals surface area contributed by atoms with Crippen LogP contribution in [0.15, 0.2) is 12.2 Å². The van der Waals surface area contributed by atoms with Gasteiger partial charge in [-0.05, 0) is 30.1 Å². The Bertz CT molecular complexity index is 279. The van der Waals surface area contributed by atoms with E-state index in [0.29, 0.717) is 17.6 Å². The fraction of sp³-hybridized carbons (Fsp3) is 0.727. The molecule has 0 spiro atoms. The van der Waals surface area contributed by atoms with E-state index < -0.39 is 0 Å². The molecule has 0 saturated heterocycles. The number of fused-ring (bicyclic) bond motifs is 5. The standard InChI is InChI=1S/C11H14O/c1-11-5-4-7(6-11)8-2-3-9(12)10(8)11/h4-5,7-8,10H,2-3,6H2,1H3. The Labute approximate surface area is 72.8 Å². The lowest BCUT2D eigenvalue weighted by Crippen LogP contribution is -2.27. The highest BCUT2D eigenvalue weighted by molar-refractivity contribution is 5.85. The molecule has 12 heavy (non-hydrogen) atoms. The maximum absolute atomic E-state index is 11.6. The van der Waals surface area contributed by atoms with E-state index in [4.69, 9.17) is 0 Å². The Kier molecular flexibility index (Phi) is 1.05. The van der Waals surface area contributed by atoms with E-state index in [1.54, 1.807) is 0 Å². The molecule has 4 unspecified atom stereocenters. The summed E-state index contributed by atoms with van der Waals surface area (Å²) in [5, 5.41) is 0. The van der Waals surface area contributed by atoms with Gasteiger partial charge in [-0.3, -0.25) is 4.79 Å². The summed E-state index contributed by atoms with van der Waals surface area (Å²) in [6.45, 7) is 2.26. The van der Waals surface area contributed by atoms with Crippen molar-refractivity contribution in [3.63, 3.8) is 0 Å². The van der Waals surface area contributed by atoms with Gasteiger partial charge in [0.2, 0.25) is 0 Å². The van der Waals surface area contributed by atoms with Crippen molar-refractivity contribution < 1.29 is 4.79 Å². The molecule has 1 heteroatoms. The zero-order valence-corrected chi connectivity index (χ0v) is 7.42. The lowest BCUT2D eigenvalue weighted by molar-refractivity contribution is -0.123. The Hall–Kier alpha value is -0.590. The molecule has 0 heterocycles. The van der Waals surface area contributed by atoms with Crippen LogP contribution in [0.4, 0.5) is 0 Å². The molecule has 0 aromatic rings. The highest BCUT2D eigenvalue weighted by Crippen LogP contribution is 2.60. The van der Waals surface area contributed by atoms with Gasteiger partial charge in [-0.25, -0.2) is 0 Å². The third-order valence-corrected chi connectivity index (χ3v) is 4.16. The minimum atomic E-state index is 0.253. The second-order valence-corrected chi connectivity index (χ2v) is 4.88. The van der Waals surface area contributed by atoms with Crippen LogP contribution in [0.25, 0.3) is 0 Å². The predicted octanol–water partition coefficient (Wildman–Crippen LogP) is 2.18. The second kappa shape index (κ2) is 1.84. The normalized spacial score (nSPS) is 55.1. The number of carbonyl (C=O) groups is 1. The minimum absolute atomic E-state index is 0.253. The maximum Gasteiger partial charge on any atom is 0.137 e. The van der Waals surface area contributed by atoms with Gasteiger partial charge in [0.25, 0.3) is 0 Å². The number of rotatable bonds is 0. The van der Waals surface area contributed by atoms with E-state index in [9.17, 15) is 4.79 Å². The quantitative estimate of drug-likeness (QED) is 0.499. The van der Waals surface area contributed by atoms with Crippen LogP contribution in [0.2, 0.25) is 0 Å². The molecule has 1 nitrogen and oxygen atoms in total. The number of carbonyl (C=O) groups excluding carboxylic acids is 1. The van der Waals surface area contributed by atoms with E-state index >= 15 is 0 Å².